The van der Waals surface area contributed by atoms with E-state index in [1.54, 1.807) is 0 Å². The van der Waals surface area contributed by atoms with Crippen LogP contribution in [-0.2, 0) is 14.3 Å². The molecule has 4 rings (SSSR count). The molecule has 1 amide bonds. The molecule has 1 N–H and O–H groups in total. The van der Waals surface area contributed by atoms with E-state index >= 15 is 0 Å². The van der Waals surface area contributed by atoms with Crippen LogP contribution in [0.1, 0.15) is 23.1 Å². The van der Waals surface area contributed by atoms with Gasteiger partial charge in [-0.3, -0.25) is 4.79 Å². The lowest BCUT2D eigenvalue weighted by Gasteiger charge is -2.18. The molecule has 0 saturated heterocycles. The molecular formula is C19H15F2NO4. The highest BCUT2D eigenvalue weighted by molar-refractivity contribution is 5.90. The Labute approximate surface area is 147 Å². The maximum absolute atomic E-state index is 13.5. The van der Waals surface area contributed by atoms with E-state index in [1.807, 2.05) is 0 Å². The monoisotopic (exact) mass is 359 g/mol. The summed E-state index contributed by atoms with van der Waals surface area (Å²) in [5.74, 6) is -2.25. The quantitative estimate of drug-likeness (QED) is 0.852. The highest BCUT2D eigenvalue weighted by Gasteiger charge is 2.62. The molecular weight excluding hydrogens is 344 g/mol. The van der Waals surface area contributed by atoms with Gasteiger partial charge >= 0.3 is 5.97 Å². The van der Waals surface area contributed by atoms with Crippen LogP contribution in [0.5, 0.6) is 5.75 Å². The minimum Gasteiger partial charge on any atom is -0.489 e. The van der Waals surface area contributed by atoms with Crippen LogP contribution in [0, 0.1) is 17.6 Å². The molecule has 26 heavy (non-hydrogen) atoms. The zero-order valence-corrected chi connectivity index (χ0v) is 13.7. The molecule has 0 radical (unpaired) electrons. The molecule has 2 aromatic rings. The molecule has 5 nitrogen and oxygen atoms in total. The fourth-order valence-corrected chi connectivity index (χ4v) is 3.47. The van der Waals surface area contributed by atoms with Crippen LogP contribution in [0.4, 0.5) is 8.78 Å². The van der Waals surface area contributed by atoms with Gasteiger partial charge in [0.2, 0.25) is 5.91 Å². The number of halogens is 2. The van der Waals surface area contributed by atoms with E-state index in [9.17, 15) is 18.4 Å². The van der Waals surface area contributed by atoms with Crippen LogP contribution in [0.15, 0.2) is 42.5 Å². The number of rotatable bonds is 4. The normalized spacial score (nSPS) is 23.3. The second-order valence-electron chi connectivity index (χ2n) is 6.34. The van der Waals surface area contributed by atoms with Gasteiger partial charge in [0.15, 0.2) is 6.04 Å². The summed E-state index contributed by atoms with van der Waals surface area (Å²) in [5.41, 5.74) is 0.930. The van der Waals surface area contributed by atoms with E-state index in [0.717, 1.165) is 6.07 Å². The summed E-state index contributed by atoms with van der Waals surface area (Å²) in [6, 6.07) is 8.45. The van der Waals surface area contributed by atoms with Gasteiger partial charge in [0.25, 0.3) is 0 Å². The number of ether oxygens (including phenoxy) is 2. The Hall–Kier alpha value is -2.96. The number of fused-ring (bicyclic) bond motifs is 3. The predicted molar refractivity (Wildman–Crippen MR) is 86.3 cm³/mol. The van der Waals surface area contributed by atoms with Gasteiger partial charge in [-0.1, -0.05) is 12.1 Å². The third-order valence-electron chi connectivity index (χ3n) is 4.76. The van der Waals surface area contributed by atoms with E-state index < -0.39 is 35.5 Å². The lowest BCUT2D eigenvalue weighted by atomic mass is 10.1. The van der Waals surface area contributed by atoms with Gasteiger partial charge in [-0.2, -0.15) is 0 Å². The lowest BCUT2D eigenvalue weighted by molar-refractivity contribution is -0.145. The molecule has 1 fully saturated rings. The molecule has 134 valence electrons. The Kier molecular flexibility index (Phi) is 3.86. The van der Waals surface area contributed by atoms with Gasteiger partial charge in [-0.05, 0) is 35.9 Å². The predicted octanol–water partition coefficient (Wildman–Crippen LogP) is 2.47. The van der Waals surface area contributed by atoms with Gasteiger partial charge in [0.1, 0.15) is 23.5 Å². The van der Waals surface area contributed by atoms with Crippen molar-refractivity contribution in [1.82, 2.24) is 5.32 Å². The summed E-state index contributed by atoms with van der Waals surface area (Å²) in [6.07, 6.45) is -0.377. The van der Waals surface area contributed by atoms with Gasteiger partial charge < -0.3 is 14.8 Å². The zero-order valence-electron chi connectivity index (χ0n) is 13.7. The maximum Gasteiger partial charge on any atom is 0.333 e. The average molecular weight is 359 g/mol. The van der Waals surface area contributed by atoms with E-state index in [1.165, 1.54) is 43.5 Å². The Bertz CT molecular complexity index is 901. The van der Waals surface area contributed by atoms with Crippen LogP contribution in [0.2, 0.25) is 0 Å². The molecule has 2 aromatic carbocycles. The van der Waals surface area contributed by atoms with Crippen molar-refractivity contribution >= 4 is 11.9 Å². The second kappa shape index (κ2) is 6.09. The summed E-state index contributed by atoms with van der Waals surface area (Å²) in [4.78, 5) is 24.7. The third kappa shape index (κ3) is 2.69. The van der Waals surface area contributed by atoms with Gasteiger partial charge in [-0.15, -0.1) is 0 Å². The van der Waals surface area contributed by atoms with Gasteiger partial charge in [0, 0.05) is 11.5 Å². The molecule has 0 bridgehead atoms. The molecule has 0 aromatic heterocycles. The van der Waals surface area contributed by atoms with Crippen LogP contribution in [0.25, 0.3) is 0 Å². The SMILES string of the molecule is COC(=O)C(NC(=O)C1C2Oc3ccc(F)cc3C21)c1cccc(F)c1. The number of carbonyl (C=O) groups is 2. The zero-order chi connectivity index (χ0) is 18.4. The fraction of sp³-hybridized carbons (Fsp3) is 0.263. The smallest absolute Gasteiger partial charge is 0.333 e. The molecule has 1 aliphatic carbocycles. The topological polar surface area (TPSA) is 64.6 Å². The van der Waals surface area contributed by atoms with Crippen molar-refractivity contribution in [3.63, 3.8) is 0 Å². The van der Waals surface area contributed by atoms with E-state index in [-0.39, 0.29) is 17.6 Å². The minimum atomic E-state index is -1.13. The Morgan fingerprint density at radius 1 is 1.15 bits per heavy atom. The van der Waals surface area contributed by atoms with E-state index in [2.05, 4.69) is 5.32 Å². The summed E-state index contributed by atoms with van der Waals surface area (Å²) in [5, 5.41) is 2.59. The molecule has 1 aliphatic heterocycles. The number of methoxy groups -OCH3 is 1. The van der Waals surface area contributed by atoms with Crippen molar-refractivity contribution in [1.29, 1.82) is 0 Å². The third-order valence-corrected chi connectivity index (χ3v) is 4.76. The average Bonchev–Trinajstić information content (AvgIpc) is 3.23. The summed E-state index contributed by atoms with van der Waals surface area (Å²) in [7, 11) is 1.19. The minimum absolute atomic E-state index is 0.244. The van der Waals surface area contributed by atoms with Crippen LogP contribution >= 0.6 is 0 Å². The van der Waals surface area contributed by atoms with Crippen molar-refractivity contribution in [3.8, 4) is 5.75 Å². The first-order valence-corrected chi connectivity index (χ1v) is 8.09. The maximum atomic E-state index is 13.5. The summed E-state index contributed by atoms with van der Waals surface area (Å²) in [6.45, 7) is 0. The van der Waals surface area contributed by atoms with E-state index in [4.69, 9.17) is 9.47 Å². The fourth-order valence-electron chi connectivity index (χ4n) is 3.47. The van der Waals surface area contributed by atoms with Crippen LogP contribution in [-0.4, -0.2) is 25.1 Å². The number of hydrogen-bond acceptors (Lipinski definition) is 4. The Balaban J connectivity index is 1.53. The molecule has 1 heterocycles. The molecule has 4 unspecified atom stereocenters. The number of benzene rings is 2. The van der Waals surface area contributed by atoms with Crippen LogP contribution < -0.4 is 10.1 Å². The van der Waals surface area contributed by atoms with Gasteiger partial charge in [0.05, 0.1) is 13.0 Å². The van der Waals surface area contributed by atoms with Crippen molar-refractivity contribution in [3.05, 3.63) is 65.2 Å². The molecule has 7 heteroatoms. The molecule has 4 atom stereocenters. The Morgan fingerprint density at radius 3 is 2.65 bits per heavy atom. The summed E-state index contributed by atoms with van der Waals surface area (Å²) < 4.78 is 37.3. The first-order chi connectivity index (χ1) is 12.5. The Morgan fingerprint density at radius 2 is 1.92 bits per heavy atom. The number of carbonyl (C=O) groups excluding carboxylic acids is 2. The van der Waals surface area contributed by atoms with Crippen molar-refractivity contribution in [2.24, 2.45) is 5.92 Å². The van der Waals surface area contributed by atoms with Gasteiger partial charge in [-0.25, -0.2) is 13.6 Å². The number of esters is 1. The highest BCUT2D eigenvalue weighted by Crippen LogP contribution is 2.58. The van der Waals surface area contributed by atoms with E-state index in [0.29, 0.717) is 11.3 Å². The molecule has 2 aliphatic rings. The number of hydrogen-bond donors (Lipinski definition) is 1. The largest absolute Gasteiger partial charge is 0.489 e. The summed E-state index contributed by atoms with van der Waals surface area (Å²) >= 11 is 0. The van der Waals surface area contributed by atoms with Crippen molar-refractivity contribution < 1.29 is 27.8 Å². The highest BCUT2D eigenvalue weighted by atomic mass is 19.1. The van der Waals surface area contributed by atoms with Crippen molar-refractivity contribution in [2.75, 3.05) is 7.11 Å². The van der Waals surface area contributed by atoms with Crippen LogP contribution in [0.3, 0.4) is 0 Å². The molecule has 0 spiro atoms. The lowest BCUT2D eigenvalue weighted by Crippen LogP contribution is -2.36. The second-order valence-corrected chi connectivity index (χ2v) is 6.34. The number of amides is 1. The molecule has 1 saturated carbocycles. The first-order valence-electron chi connectivity index (χ1n) is 8.09. The van der Waals surface area contributed by atoms with Crippen molar-refractivity contribution in [2.45, 2.75) is 18.1 Å². The number of nitrogens with one attached hydrogen (secondary N) is 1. The first kappa shape index (κ1) is 16.5. The standard InChI is InChI=1S/C19H15F2NO4/c1-25-19(24)16(9-3-2-4-10(20)7-9)22-18(23)15-14-12-8-11(21)5-6-13(12)26-17(14)15/h2-8,14-17H,1H3,(H,22,23).